The van der Waals surface area contributed by atoms with Crippen LogP contribution in [0.15, 0.2) is 16.6 Å². The molecule has 0 atom stereocenters. The molecule has 0 aromatic heterocycles. The van der Waals surface area contributed by atoms with E-state index < -0.39 is 0 Å². The average molecular weight is 248 g/mol. The highest BCUT2D eigenvalue weighted by Gasteiger charge is 2.08. The van der Waals surface area contributed by atoms with Gasteiger partial charge in [0.05, 0.1) is 4.47 Å². The van der Waals surface area contributed by atoms with E-state index in [1.54, 1.807) is 6.07 Å². The summed E-state index contributed by atoms with van der Waals surface area (Å²) in [4.78, 5) is 0. The van der Waals surface area contributed by atoms with Crippen LogP contribution >= 0.6 is 15.9 Å². The van der Waals surface area contributed by atoms with Gasteiger partial charge in [-0.3, -0.25) is 0 Å². The second-order valence-corrected chi connectivity index (χ2v) is 3.55. The second kappa shape index (κ2) is 4.58. The first-order chi connectivity index (χ1) is 6.15. The van der Waals surface area contributed by atoms with Gasteiger partial charge >= 0.3 is 0 Å². The van der Waals surface area contributed by atoms with Crippen LogP contribution in [0.4, 0.5) is 4.39 Å². The Hall–Kier alpha value is -0.610. The van der Waals surface area contributed by atoms with Gasteiger partial charge in [0, 0.05) is 6.54 Å². The number of aryl methyl sites for hydroxylation is 1. The minimum atomic E-state index is -0.361. The van der Waals surface area contributed by atoms with Crippen molar-refractivity contribution in [2.75, 3.05) is 13.2 Å². The van der Waals surface area contributed by atoms with Gasteiger partial charge in [-0.2, -0.15) is 0 Å². The highest BCUT2D eigenvalue weighted by atomic mass is 79.9. The lowest BCUT2D eigenvalue weighted by Crippen LogP contribution is -2.11. The van der Waals surface area contributed by atoms with Crippen molar-refractivity contribution in [2.24, 2.45) is 5.73 Å². The second-order valence-electron chi connectivity index (χ2n) is 2.69. The van der Waals surface area contributed by atoms with Gasteiger partial charge in [0.2, 0.25) is 0 Å². The van der Waals surface area contributed by atoms with E-state index in [9.17, 15) is 4.39 Å². The predicted octanol–water partition coefficient (Wildman–Crippen LogP) is 2.23. The van der Waals surface area contributed by atoms with Crippen LogP contribution in [0.2, 0.25) is 0 Å². The van der Waals surface area contributed by atoms with Gasteiger partial charge in [-0.25, -0.2) is 4.39 Å². The van der Waals surface area contributed by atoms with Gasteiger partial charge in [0.25, 0.3) is 0 Å². The number of benzene rings is 1. The minimum Gasteiger partial charge on any atom is -0.488 e. The number of hydrogen-bond acceptors (Lipinski definition) is 2. The number of hydrogen-bond donors (Lipinski definition) is 1. The van der Waals surface area contributed by atoms with Crippen molar-refractivity contribution in [1.82, 2.24) is 0 Å². The van der Waals surface area contributed by atoms with Crippen LogP contribution in [0.3, 0.4) is 0 Å². The van der Waals surface area contributed by atoms with Crippen LogP contribution < -0.4 is 10.5 Å². The van der Waals surface area contributed by atoms with E-state index in [1.165, 1.54) is 6.07 Å². The van der Waals surface area contributed by atoms with Gasteiger partial charge in [-0.05, 0) is 40.5 Å². The largest absolute Gasteiger partial charge is 0.488 e. The monoisotopic (exact) mass is 247 g/mol. The number of rotatable bonds is 3. The Morgan fingerprint density at radius 1 is 1.54 bits per heavy atom. The van der Waals surface area contributed by atoms with E-state index in [0.717, 1.165) is 5.56 Å². The molecule has 0 aliphatic carbocycles. The lowest BCUT2D eigenvalue weighted by Gasteiger charge is -2.08. The van der Waals surface area contributed by atoms with E-state index in [1.807, 2.05) is 6.92 Å². The molecule has 0 aliphatic heterocycles. The molecule has 0 spiro atoms. The fourth-order valence-electron chi connectivity index (χ4n) is 0.985. The van der Waals surface area contributed by atoms with Gasteiger partial charge in [0.1, 0.15) is 6.61 Å². The first kappa shape index (κ1) is 10.5. The molecule has 0 aliphatic rings. The molecule has 0 unspecified atom stereocenters. The molecule has 0 saturated carbocycles. The zero-order chi connectivity index (χ0) is 9.84. The summed E-state index contributed by atoms with van der Waals surface area (Å²) >= 11 is 3.22. The van der Waals surface area contributed by atoms with Crippen molar-refractivity contribution in [2.45, 2.75) is 6.92 Å². The summed E-state index contributed by atoms with van der Waals surface area (Å²) in [7, 11) is 0. The quantitative estimate of drug-likeness (QED) is 0.890. The third kappa shape index (κ3) is 2.67. The van der Waals surface area contributed by atoms with Gasteiger partial charge in [0.15, 0.2) is 11.6 Å². The van der Waals surface area contributed by atoms with Crippen molar-refractivity contribution in [1.29, 1.82) is 0 Å². The van der Waals surface area contributed by atoms with Crippen molar-refractivity contribution in [3.05, 3.63) is 28.0 Å². The zero-order valence-electron chi connectivity index (χ0n) is 7.31. The standard InChI is InChI=1S/C9H11BrFNO/c1-6-4-7(10)9(8(11)5-6)13-3-2-12/h4-5H,2-3,12H2,1H3. The molecule has 1 aromatic carbocycles. The molecule has 0 amide bonds. The Morgan fingerprint density at radius 3 is 2.77 bits per heavy atom. The van der Waals surface area contributed by atoms with Crippen LogP contribution in [0.1, 0.15) is 5.56 Å². The Kier molecular flexibility index (Phi) is 3.69. The maximum Gasteiger partial charge on any atom is 0.169 e. The zero-order valence-corrected chi connectivity index (χ0v) is 8.90. The molecule has 72 valence electrons. The van der Waals surface area contributed by atoms with Gasteiger partial charge in [-0.15, -0.1) is 0 Å². The third-order valence-corrected chi connectivity index (χ3v) is 2.10. The summed E-state index contributed by atoms with van der Waals surface area (Å²) in [6.07, 6.45) is 0. The van der Waals surface area contributed by atoms with Crippen molar-refractivity contribution in [3.8, 4) is 5.75 Å². The molecular weight excluding hydrogens is 237 g/mol. The van der Waals surface area contributed by atoms with Crippen molar-refractivity contribution in [3.63, 3.8) is 0 Å². The molecule has 0 saturated heterocycles. The molecule has 1 aromatic rings. The number of ether oxygens (including phenoxy) is 1. The third-order valence-electron chi connectivity index (χ3n) is 1.51. The number of halogens is 2. The smallest absolute Gasteiger partial charge is 0.169 e. The maximum atomic E-state index is 13.2. The first-order valence-corrected chi connectivity index (χ1v) is 4.73. The van der Waals surface area contributed by atoms with E-state index in [4.69, 9.17) is 10.5 Å². The normalized spacial score (nSPS) is 10.2. The highest BCUT2D eigenvalue weighted by molar-refractivity contribution is 9.10. The fourth-order valence-corrected chi connectivity index (χ4v) is 1.65. The minimum absolute atomic E-state index is 0.232. The van der Waals surface area contributed by atoms with Crippen molar-refractivity contribution >= 4 is 15.9 Å². The Bertz CT molecular complexity index is 281. The van der Waals surface area contributed by atoms with E-state index in [2.05, 4.69) is 15.9 Å². The van der Waals surface area contributed by atoms with Crippen LogP contribution in [0.25, 0.3) is 0 Å². The first-order valence-electron chi connectivity index (χ1n) is 3.93. The average Bonchev–Trinajstić information content (AvgIpc) is 2.02. The molecule has 2 nitrogen and oxygen atoms in total. The Balaban J connectivity index is 2.92. The molecule has 13 heavy (non-hydrogen) atoms. The molecule has 0 heterocycles. The molecular formula is C9H11BrFNO. The summed E-state index contributed by atoms with van der Waals surface area (Å²) < 4.78 is 19.0. The fraction of sp³-hybridized carbons (Fsp3) is 0.333. The summed E-state index contributed by atoms with van der Waals surface area (Å²) in [5.74, 6) is -0.128. The van der Waals surface area contributed by atoms with Gasteiger partial charge in [-0.1, -0.05) is 0 Å². The van der Waals surface area contributed by atoms with Crippen LogP contribution in [-0.2, 0) is 0 Å². The van der Waals surface area contributed by atoms with E-state index >= 15 is 0 Å². The van der Waals surface area contributed by atoms with Crippen molar-refractivity contribution < 1.29 is 9.13 Å². The molecule has 4 heteroatoms. The van der Waals surface area contributed by atoms with E-state index in [-0.39, 0.29) is 11.6 Å². The summed E-state index contributed by atoms with van der Waals surface area (Å²) in [6.45, 7) is 2.51. The molecule has 0 fully saturated rings. The molecule has 0 bridgehead atoms. The summed E-state index contributed by atoms with van der Waals surface area (Å²) in [5.41, 5.74) is 6.10. The Labute approximate surface area is 85.0 Å². The van der Waals surface area contributed by atoms with Crippen LogP contribution in [-0.4, -0.2) is 13.2 Å². The Morgan fingerprint density at radius 2 is 2.23 bits per heavy atom. The lowest BCUT2D eigenvalue weighted by molar-refractivity contribution is 0.309. The maximum absolute atomic E-state index is 13.2. The van der Waals surface area contributed by atoms with Gasteiger partial charge < -0.3 is 10.5 Å². The topological polar surface area (TPSA) is 35.2 Å². The SMILES string of the molecule is Cc1cc(F)c(OCCN)c(Br)c1. The van der Waals surface area contributed by atoms with E-state index in [0.29, 0.717) is 17.6 Å². The van der Waals surface area contributed by atoms with Crippen LogP contribution in [0.5, 0.6) is 5.75 Å². The predicted molar refractivity (Wildman–Crippen MR) is 53.4 cm³/mol. The lowest BCUT2D eigenvalue weighted by atomic mass is 10.2. The number of nitrogens with two attached hydrogens (primary N) is 1. The molecule has 2 N–H and O–H groups in total. The van der Waals surface area contributed by atoms with Crippen LogP contribution in [0, 0.1) is 12.7 Å². The highest BCUT2D eigenvalue weighted by Crippen LogP contribution is 2.29. The summed E-state index contributed by atoms with van der Waals surface area (Å²) in [5, 5.41) is 0. The summed E-state index contributed by atoms with van der Waals surface area (Å²) in [6, 6.07) is 3.23. The molecule has 1 rings (SSSR count). The molecule has 0 radical (unpaired) electrons.